The van der Waals surface area contributed by atoms with Crippen LogP contribution in [0.2, 0.25) is 5.02 Å². The molecule has 0 atom stereocenters. The zero-order valence-electron chi connectivity index (χ0n) is 11.5. The molecule has 3 nitrogen and oxygen atoms in total. The maximum atomic E-state index is 11.9. The molecule has 0 aliphatic carbocycles. The first kappa shape index (κ1) is 14.4. The Labute approximate surface area is 124 Å². The van der Waals surface area contributed by atoms with E-state index in [1.54, 1.807) is 6.07 Å². The Hall–Kier alpha value is -2.00. The van der Waals surface area contributed by atoms with Gasteiger partial charge in [-0.25, -0.2) is 4.79 Å². The highest BCUT2D eigenvalue weighted by molar-refractivity contribution is 6.31. The second kappa shape index (κ2) is 6.44. The molecule has 20 heavy (non-hydrogen) atoms. The second-order valence-corrected chi connectivity index (χ2v) is 5.12. The molecule has 0 saturated heterocycles. The first-order valence-electron chi connectivity index (χ1n) is 6.42. The predicted molar refractivity (Wildman–Crippen MR) is 83.2 cm³/mol. The van der Waals surface area contributed by atoms with Crippen molar-refractivity contribution in [1.82, 2.24) is 5.32 Å². The third-order valence-electron chi connectivity index (χ3n) is 3.05. The molecule has 0 fully saturated rings. The highest BCUT2D eigenvalue weighted by atomic mass is 35.5. The molecular formula is C16H17ClN2O. The van der Waals surface area contributed by atoms with Gasteiger partial charge in [-0.15, -0.1) is 0 Å². The van der Waals surface area contributed by atoms with E-state index in [0.717, 1.165) is 16.8 Å². The minimum Gasteiger partial charge on any atom is -0.334 e. The van der Waals surface area contributed by atoms with Crippen LogP contribution in [0.3, 0.4) is 0 Å². The topological polar surface area (TPSA) is 41.1 Å². The molecule has 0 bridgehead atoms. The highest BCUT2D eigenvalue weighted by Gasteiger charge is 2.06. The summed E-state index contributed by atoms with van der Waals surface area (Å²) in [4.78, 5) is 11.9. The maximum absolute atomic E-state index is 11.9. The van der Waals surface area contributed by atoms with Crippen LogP contribution < -0.4 is 10.6 Å². The van der Waals surface area contributed by atoms with Crippen molar-refractivity contribution in [3.05, 3.63) is 64.2 Å². The molecule has 2 amide bonds. The Balaban J connectivity index is 1.94. The number of carbonyl (C=O) groups excluding carboxylic acids is 1. The third kappa shape index (κ3) is 3.75. The summed E-state index contributed by atoms with van der Waals surface area (Å²) in [6.45, 7) is 4.39. The Morgan fingerprint density at radius 3 is 2.65 bits per heavy atom. The number of anilines is 1. The van der Waals surface area contributed by atoms with Crippen LogP contribution in [0.1, 0.15) is 16.7 Å². The monoisotopic (exact) mass is 288 g/mol. The van der Waals surface area contributed by atoms with Gasteiger partial charge < -0.3 is 10.6 Å². The molecule has 2 aromatic carbocycles. The standard InChI is InChI=1S/C16H17ClN2O/c1-11-5-3-6-13(9-11)10-18-16(20)19-15-8-4-7-14(17)12(15)2/h3-9H,10H2,1-2H3,(H2,18,19,20). The molecule has 0 spiro atoms. The molecule has 2 aromatic rings. The molecule has 2 N–H and O–H groups in total. The summed E-state index contributed by atoms with van der Waals surface area (Å²) in [6.07, 6.45) is 0. The van der Waals surface area contributed by atoms with Crippen LogP contribution in [0, 0.1) is 13.8 Å². The molecule has 0 unspecified atom stereocenters. The lowest BCUT2D eigenvalue weighted by atomic mass is 10.1. The molecule has 0 aliphatic rings. The number of halogens is 1. The van der Waals surface area contributed by atoms with Crippen molar-refractivity contribution in [2.45, 2.75) is 20.4 Å². The summed E-state index contributed by atoms with van der Waals surface area (Å²) in [6, 6.07) is 13.2. The van der Waals surface area contributed by atoms with Crippen LogP contribution in [-0.2, 0) is 6.54 Å². The van der Waals surface area contributed by atoms with E-state index in [4.69, 9.17) is 11.6 Å². The molecule has 2 rings (SSSR count). The fourth-order valence-electron chi connectivity index (χ4n) is 1.91. The Kier molecular flexibility index (Phi) is 4.64. The smallest absolute Gasteiger partial charge is 0.319 e. The Bertz CT molecular complexity index is 626. The first-order chi connectivity index (χ1) is 9.56. The lowest BCUT2D eigenvalue weighted by Gasteiger charge is -2.11. The van der Waals surface area contributed by atoms with Gasteiger partial charge in [0.25, 0.3) is 0 Å². The fourth-order valence-corrected chi connectivity index (χ4v) is 2.09. The number of urea groups is 1. The van der Waals surface area contributed by atoms with Gasteiger partial charge in [-0.05, 0) is 37.1 Å². The normalized spacial score (nSPS) is 10.2. The Morgan fingerprint density at radius 2 is 1.90 bits per heavy atom. The fraction of sp³-hybridized carbons (Fsp3) is 0.188. The first-order valence-corrected chi connectivity index (χ1v) is 6.79. The largest absolute Gasteiger partial charge is 0.334 e. The quantitative estimate of drug-likeness (QED) is 0.869. The van der Waals surface area contributed by atoms with Crippen molar-refractivity contribution in [2.24, 2.45) is 0 Å². The van der Waals surface area contributed by atoms with Crippen molar-refractivity contribution in [2.75, 3.05) is 5.32 Å². The molecule has 104 valence electrons. The number of rotatable bonds is 3. The van der Waals surface area contributed by atoms with Gasteiger partial charge in [-0.2, -0.15) is 0 Å². The van der Waals surface area contributed by atoms with Gasteiger partial charge in [0.05, 0.1) is 0 Å². The number of amides is 2. The van der Waals surface area contributed by atoms with Gasteiger partial charge in [-0.1, -0.05) is 47.5 Å². The van der Waals surface area contributed by atoms with Gasteiger partial charge >= 0.3 is 6.03 Å². The van der Waals surface area contributed by atoms with Crippen LogP contribution in [0.15, 0.2) is 42.5 Å². The van der Waals surface area contributed by atoms with Crippen LogP contribution in [0.25, 0.3) is 0 Å². The van der Waals surface area contributed by atoms with E-state index in [2.05, 4.69) is 10.6 Å². The summed E-state index contributed by atoms with van der Waals surface area (Å²) >= 11 is 6.02. The van der Waals surface area contributed by atoms with Gasteiger partial charge in [0.15, 0.2) is 0 Å². The van der Waals surface area contributed by atoms with Crippen molar-refractivity contribution < 1.29 is 4.79 Å². The predicted octanol–water partition coefficient (Wildman–Crippen LogP) is 4.28. The maximum Gasteiger partial charge on any atom is 0.319 e. The summed E-state index contributed by atoms with van der Waals surface area (Å²) in [5.41, 5.74) is 3.83. The average molecular weight is 289 g/mol. The molecule has 0 heterocycles. The Morgan fingerprint density at radius 1 is 1.15 bits per heavy atom. The van der Waals surface area contributed by atoms with Crippen LogP contribution in [0.4, 0.5) is 10.5 Å². The zero-order chi connectivity index (χ0) is 14.5. The zero-order valence-corrected chi connectivity index (χ0v) is 12.3. The lowest BCUT2D eigenvalue weighted by Crippen LogP contribution is -2.28. The van der Waals surface area contributed by atoms with Gasteiger partial charge in [0.1, 0.15) is 0 Å². The number of hydrogen-bond acceptors (Lipinski definition) is 1. The molecular weight excluding hydrogens is 272 g/mol. The second-order valence-electron chi connectivity index (χ2n) is 4.71. The van der Waals surface area contributed by atoms with E-state index in [1.807, 2.05) is 50.2 Å². The minimum atomic E-state index is -0.239. The molecule has 0 aromatic heterocycles. The molecule has 0 saturated carbocycles. The van der Waals surface area contributed by atoms with E-state index in [1.165, 1.54) is 5.56 Å². The van der Waals surface area contributed by atoms with Crippen LogP contribution in [0.5, 0.6) is 0 Å². The third-order valence-corrected chi connectivity index (χ3v) is 3.46. The van der Waals surface area contributed by atoms with Gasteiger partial charge in [-0.3, -0.25) is 0 Å². The summed E-state index contributed by atoms with van der Waals surface area (Å²) < 4.78 is 0. The number of benzene rings is 2. The number of aryl methyl sites for hydroxylation is 1. The lowest BCUT2D eigenvalue weighted by molar-refractivity contribution is 0.251. The summed E-state index contributed by atoms with van der Waals surface area (Å²) in [5.74, 6) is 0. The SMILES string of the molecule is Cc1cccc(CNC(=O)Nc2cccc(Cl)c2C)c1. The van der Waals surface area contributed by atoms with E-state index in [0.29, 0.717) is 11.6 Å². The van der Waals surface area contributed by atoms with Crippen LogP contribution in [-0.4, -0.2) is 6.03 Å². The van der Waals surface area contributed by atoms with Crippen LogP contribution >= 0.6 is 11.6 Å². The van der Waals surface area contributed by atoms with Crippen molar-refractivity contribution in [1.29, 1.82) is 0 Å². The van der Waals surface area contributed by atoms with Crippen molar-refractivity contribution in [3.63, 3.8) is 0 Å². The van der Waals surface area contributed by atoms with Crippen molar-refractivity contribution >= 4 is 23.3 Å². The number of hydrogen-bond donors (Lipinski definition) is 2. The van der Waals surface area contributed by atoms with Crippen molar-refractivity contribution in [3.8, 4) is 0 Å². The van der Waals surface area contributed by atoms with E-state index in [-0.39, 0.29) is 6.03 Å². The van der Waals surface area contributed by atoms with E-state index < -0.39 is 0 Å². The minimum absolute atomic E-state index is 0.239. The molecule has 0 radical (unpaired) electrons. The van der Waals surface area contributed by atoms with E-state index in [9.17, 15) is 4.79 Å². The average Bonchev–Trinajstić information content (AvgIpc) is 2.42. The molecule has 4 heteroatoms. The number of nitrogens with one attached hydrogen (secondary N) is 2. The summed E-state index contributed by atoms with van der Waals surface area (Å²) in [7, 11) is 0. The van der Waals surface area contributed by atoms with Gasteiger partial charge in [0, 0.05) is 17.3 Å². The van der Waals surface area contributed by atoms with E-state index >= 15 is 0 Å². The number of carbonyl (C=O) groups is 1. The summed E-state index contributed by atoms with van der Waals surface area (Å²) in [5, 5.41) is 6.27. The highest BCUT2D eigenvalue weighted by Crippen LogP contribution is 2.22. The van der Waals surface area contributed by atoms with Gasteiger partial charge in [0.2, 0.25) is 0 Å². The molecule has 0 aliphatic heterocycles.